The molecular formula is C23H23N2S2+. The van der Waals surface area contributed by atoms with Crippen molar-refractivity contribution in [1.82, 2.24) is 4.98 Å². The first-order chi connectivity index (χ1) is 13.3. The molecule has 2 aromatic carbocycles. The van der Waals surface area contributed by atoms with E-state index in [0.717, 1.165) is 24.9 Å². The zero-order valence-electron chi connectivity index (χ0n) is 15.7. The first kappa shape index (κ1) is 18.1. The number of rotatable bonds is 6. The third-order valence-electron chi connectivity index (χ3n) is 4.65. The monoisotopic (exact) mass is 391 g/mol. The van der Waals surface area contributed by atoms with Gasteiger partial charge in [-0.2, -0.15) is 4.57 Å². The van der Waals surface area contributed by atoms with Crippen molar-refractivity contribution in [2.45, 2.75) is 33.2 Å². The summed E-state index contributed by atoms with van der Waals surface area (Å²) in [5, 5.41) is 2.47. The number of aromatic nitrogens is 2. The molecule has 0 radical (unpaired) electrons. The third kappa shape index (κ3) is 3.73. The lowest BCUT2D eigenvalue weighted by Crippen LogP contribution is -2.34. The average Bonchev–Trinajstić information content (AvgIpc) is 3.27. The molecule has 4 heteroatoms. The number of fused-ring (bicyclic) bond motifs is 2. The van der Waals surface area contributed by atoms with Crippen molar-refractivity contribution in [2.24, 2.45) is 0 Å². The molecule has 27 heavy (non-hydrogen) atoms. The molecular weight excluding hydrogens is 368 g/mol. The van der Waals surface area contributed by atoms with Crippen LogP contribution in [0.3, 0.4) is 0 Å². The Morgan fingerprint density at radius 1 is 0.963 bits per heavy atom. The van der Waals surface area contributed by atoms with Gasteiger partial charge in [0.15, 0.2) is 0 Å². The molecule has 0 fully saturated rings. The Bertz CT molecular complexity index is 1100. The molecule has 0 unspecified atom stereocenters. The van der Waals surface area contributed by atoms with Crippen LogP contribution >= 0.6 is 22.7 Å². The minimum Gasteiger partial charge on any atom is -0.241 e. The zero-order valence-corrected chi connectivity index (χ0v) is 17.3. The topological polar surface area (TPSA) is 16.8 Å². The Kier molecular flexibility index (Phi) is 5.46. The van der Waals surface area contributed by atoms with E-state index in [4.69, 9.17) is 0 Å². The Balaban J connectivity index is 1.51. The van der Waals surface area contributed by atoms with Gasteiger partial charge in [-0.05, 0) is 31.5 Å². The van der Waals surface area contributed by atoms with E-state index in [1.165, 1.54) is 30.5 Å². The Morgan fingerprint density at radius 2 is 1.81 bits per heavy atom. The van der Waals surface area contributed by atoms with E-state index in [2.05, 4.69) is 84.1 Å². The van der Waals surface area contributed by atoms with Gasteiger partial charge in [0.05, 0.1) is 15.2 Å². The number of para-hydroxylation sites is 2. The molecule has 0 atom stereocenters. The van der Waals surface area contributed by atoms with Crippen LogP contribution in [0.4, 0.5) is 0 Å². The number of hydrogen-bond donors (Lipinski definition) is 0. The number of allylic oxidation sites excluding steroid dienone is 3. The largest absolute Gasteiger partial charge is 0.262 e. The Hall–Kier alpha value is -2.30. The molecule has 0 aliphatic rings. The summed E-state index contributed by atoms with van der Waals surface area (Å²) < 4.78 is 5.06. The van der Waals surface area contributed by atoms with Gasteiger partial charge in [0.25, 0.3) is 5.01 Å². The fourth-order valence-electron chi connectivity index (χ4n) is 3.35. The van der Waals surface area contributed by atoms with Crippen LogP contribution in [0.2, 0.25) is 0 Å². The molecule has 2 aromatic heterocycles. The van der Waals surface area contributed by atoms with Crippen LogP contribution < -0.4 is 4.57 Å². The summed E-state index contributed by atoms with van der Waals surface area (Å²) in [6, 6.07) is 15.0. The normalized spacial score (nSPS) is 12.2. The van der Waals surface area contributed by atoms with Crippen molar-refractivity contribution < 1.29 is 4.57 Å². The number of nitrogens with zero attached hydrogens (tertiary/aromatic N) is 2. The number of benzene rings is 2. The second-order valence-electron chi connectivity index (χ2n) is 6.37. The second kappa shape index (κ2) is 8.15. The van der Waals surface area contributed by atoms with Crippen LogP contribution in [-0.2, 0) is 19.4 Å². The second-order valence-corrected chi connectivity index (χ2v) is 8.55. The summed E-state index contributed by atoms with van der Waals surface area (Å²) in [4.78, 5) is 4.68. The van der Waals surface area contributed by atoms with Crippen molar-refractivity contribution in [1.29, 1.82) is 0 Å². The van der Waals surface area contributed by atoms with Crippen molar-refractivity contribution >= 4 is 49.2 Å². The lowest BCUT2D eigenvalue weighted by atomic mass is 10.1. The fourth-order valence-corrected chi connectivity index (χ4v) is 5.48. The maximum atomic E-state index is 4.68. The van der Waals surface area contributed by atoms with E-state index in [9.17, 15) is 0 Å². The molecule has 0 saturated heterocycles. The van der Waals surface area contributed by atoms with E-state index >= 15 is 0 Å². The van der Waals surface area contributed by atoms with Gasteiger partial charge in [-0.25, -0.2) is 4.98 Å². The maximum absolute atomic E-state index is 4.68. The quantitative estimate of drug-likeness (QED) is 0.283. The summed E-state index contributed by atoms with van der Waals surface area (Å²) >= 11 is 3.64. The van der Waals surface area contributed by atoms with Gasteiger partial charge in [-0.3, -0.25) is 0 Å². The molecule has 0 aliphatic carbocycles. The van der Waals surface area contributed by atoms with Gasteiger partial charge in [-0.1, -0.05) is 60.8 Å². The molecule has 2 nitrogen and oxygen atoms in total. The number of thiazole rings is 2. The van der Waals surface area contributed by atoms with E-state index in [1.807, 2.05) is 17.4 Å². The van der Waals surface area contributed by atoms with Gasteiger partial charge < -0.3 is 0 Å². The van der Waals surface area contributed by atoms with Gasteiger partial charge in [0.2, 0.25) is 5.52 Å². The van der Waals surface area contributed by atoms with E-state index in [-0.39, 0.29) is 0 Å². The summed E-state index contributed by atoms with van der Waals surface area (Å²) in [7, 11) is 0. The Labute approximate surface area is 168 Å². The molecule has 2 heterocycles. The fraction of sp³-hybridized carbons (Fsp3) is 0.217. The smallest absolute Gasteiger partial charge is 0.241 e. The van der Waals surface area contributed by atoms with Gasteiger partial charge in [0.1, 0.15) is 11.2 Å². The van der Waals surface area contributed by atoms with Crippen LogP contribution in [0.1, 0.15) is 29.4 Å². The molecule has 0 bridgehead atoms. The highest BCUT2D eigenvalue weighted by Gasteiger charge is 2.19. The molecule has 4 aromatic rings. The zero-order chi connectivity index (χ0) is 18.6. The first-order valence-corrected chi connectivity index (χ1v) is 11.0. The minimum absolute atomic E-state index is 0.879. The van der Waals surface area contributed by atoms with Crippen molar-refractivity contribution in [2.75, 3.05) is 0 Å². The maximum Gasteiger partial charge on any atom is 0.262 e. The van der Waals surface area contributed by atoms with Crippen molar-refractivity contribution in [3.8, 4) is 0 Å². The van der Waals surface area contributed by atoms with Gasteiger partial charge in [-0.15, -0.1) is 11.3 Å². The average molecular weight is 392 g/mol. The molecule has 0 amide bonds. The van der Waals surface area contributed by atoms with Crippen LogP contribution in [0.15, 0.2) is 60.7 Å². The predicted octanol–water partition coefficient (Wildman–Crippen LogP) is 6.19. The lowest BCUT2D eigenvalue weighted by Gasteiger charge is -1.97. The molecule has 4 rings (SSSR count). The standard InChI is InChI=1S/C23H23N2S2/c1-3-17-11-10-14-20-23(17)25(4-2)22(27-20)16-7-5-6-15-21-24-18-12-8-9-13-19(18)26-21/h5-14,16H,3-4,15H2,1-2H3/q+1. The van der Waals surface area contributed by atoms with Crippen molar-refractivity contribution in [3.05, 3.63) is 76.3 Å². The summed E-state index contributed by atoms with van der Waals surface area (Å²) in [6.07, 6.45) is 10.6. The molecule has 0 spiro atoms. The van der Waals surface area contributed by atoms with Gasteiger partial charge in [0, 0.05) is 18.1 Å². The highest BCUT2D eigenvalue weighted by atomic mass is 32.1. The highest BCUT2D eigenvalue weighted by molar-refractivity contribution is 7.19. The van der Waals surface area contributed by atoms with Gasteiger partial charge >= 0.3 is 0 Å². The summed E-state index contributed by atoms with van der Waals surface area (Å²) in [6.45, 7) is 5.44. The predicted molar refractivity (Wildman–Crippen MR) is 119 cm³/mol. The van der Waals surface area contributed by atoms with Crippen LogP contribution in [0.5, 0.6) is 0 Å². The number of aryl methyl sites for hydroxylation is 2. The van der Waals surface area contributed by atoms with Crippen molar-refractivity contribution in [3.63, 3.8) is 0 Å². The molecule has 136 valence electrons. The molecule has 0 saturated carbocycles. The summed E-state index contributed by atoms with van der Waals surface area (Å²) in [5.41, 5.74) is 3.92. The molecule has 0 N–H and O–H groups in total. The number of hydrogen-bond acceptors (Lipinski definition) is 3. The first-order valence-electron chi connectivity index (χ1n) is 9.42. The Morgan fingerprint density at radius 3 is 2.63 bits per heavy atom. The van der Waals surface area contributed by atoms with E-state index < -0.39 is 0 Å². The molecule has 0 aliphatic heterocycles. The minimum atomic E-state index is 0.879. The van der Waals surface area contributed by atoms with Crippen LogP contribution in [-0.4, -0.2) is 4.98 Å². The van der Waals surface area contributed by atoms with E-state index in [1.54, 1.807) is 11.3 Å². The highest BCUT2D eigenvalue weighted by Crippen LogP contribution is 2.25. The van der Waals surface area contributed by atoms with E-state index in [0.29, 0.717) is 0 Å². The SMILES string of the molecule is CCc1cccc2sc(C=CC=CCc3nc4ccccc4s3)[n+](CC)c12. The van der Waals surface area contributed by atoms with Crippen LogP contribution in [0, 0.1) is 0 Å². The lowest BCUT2D eigenvalue weighted by molar-refractivity contribution is -0.665. The summed E-state index contributed by atoms with van der Waals surface area (Å²) in [5.74, 6) is 0. The third-order valence-corrected chi connectivity index (χ3v) is 6.82. The van der Waals surface area contributed by atoms with Crippen LogP contribution in [0.25, 0.3) is 26.5 Å².